The number of anilines is 1. The molecule has 0 aliphatic heterocycles. The molecule has 0 radical (unpaired) electrons. The number of aryl methyl sites for hydroxylation is 1. The van der Waals surface area contributed by atoms with Crippen molar-refractivity contribution in [3.8, 4) is 11.8 Å². The number of benzene rings is 2. The number of carbonyl (C=O) groups excluding carboxylic acids is 2. The Morgan fingerprint density at radius 1 is 1.11 bits per heavy atom. The minimum atomic E-state index is -0.650. The van der Waals surface area contributed by atoms with Gasteiger partial charge in [0.25, 0.3) is 5.91 Å². The molecule has 1 aliphatic carbocycles. The highest BCUT2D eigenvalue weighted by atomic mass is 35.5. The summed E-state index contributed by atoms with van der Waals surface area (Å²) in [5.74, 6) is -0.514. The molecule has 0 unspecified atom stereocenters. The van der Waals surface area contributed by atoms with E-state index in [4.69, 9.17) is 32.7 Å². The van der Waals surface area contributed by atoms with E-state index in [0.29, 0.717) is 31.9 Å². The first-order chi connectivity index (χ1) is 16.9. The van der Waals surface area contributed by atoms with Gasteiger partial charge in [-0.15, -0.1) is 11.3 Å². The number of rotatable bonds is 8. The quantitative estimate of drug-likeness (QED) is 0.279. The van der Waals surface area contributed by atoms with E-state index in [1.165, 1.54) is 17.4 Å². The summed E-state index contributed by atoms with van der Waals surface area (Å²) >= 11 is 13.7. The zero-order valence-electron chi connectivity index (χ0n) is 18.5. The van der Waals surface area contributed by atoms with Crippen molar-refractivity contribution >= 4 is 57.5 Å². The maximum absolute atomic E-state index is 12.2. The van der Waals surface area contributed by atoms with Crippen LogP contribution in [0.2, 0.25) is 10.0 Å². The number of carbonyl (C=O) groups is 2. The monoisotopic (exact) mass is 526 g/mol. The number of hydrogen-bond donors (Lipinski definition) is 1. The van der Waals surface area contributed by atoms with Crippen LogP contribution >= 0.6 is 34.5 Å². The summed E-state index contributed by atoms with van der Waals surface area (Å²) in [6, 6.07) is 14.5. The fraction of sp³-hybridized carbons (Fsp3) is 0.192. The summed E-state index contributed by atoms with van der Waals surface area (Å²) in [5.41, 5.74) is 3.00. The van der Waals surface area contributed by atoms with Gasteiger partial charge in [-0.1, -0.05) is 41.4 Å². The molecule has 1 aliphatic rings. The maximum Gasteiger partial charge on any atom is 0.331 e. The number of nitriles is 1. The standard InChI is InChI=1S/C26H20Cl2N2O4S/c27-21-4-2-5-22(28)20(21)14-33-17-10-7-16(8-11-17)9-12-25(32)34-15-24(31)30-26-19(13-29)18-3-1-6-23(18)35-26/h2,4-5,7-12H,1,3,6,14-15H2,(H,30,31)/b12-9+. The van der Waals surface area contributed by atoms with Gasteiger partial charge in [-0.3, -0.25) is 4.79 Å². The van der Waals surface area contributed by atoms with E-state index < -0.39 is 18.5 Å². The average Bonchev–Trinajstić information content (AvgIpc) is 3.42. The van der Waals surface area contributed by atoms with Crippen molar-refractivity contribution in [1.29, 1.82) is 5.26 Å². The van der Waals surface area contributed by atoms with Crippen LogP contribution in [0.1, 0.15) is 33.6 Å². The third-order valence-electron chi connectivity index (χ3n) is 5.37. The van der Waals surface area contributed by atoms with Gasteiger partial charge in [-0.25, -0.2) is 4.79 Å². The third-order valence-corrected chi connectivity index (χ3v) is 7.28. The number of halogens is 2. The number of nitrogens with one attached hydrogen (secondary N) is 1. The highest BCUT2D eigenvalue weighted by Crippen LogP contribution is 2.38. The van der Waals surface area contributed by atoms with Crippen molar-refractivity contribution in [3.05, 3.63) is 85.7 Å². The van der Waals surface area contributed by atoms with E-state index in [0.717, 1.165) is 35.3 Å². The first-order valence-electron chi connectivity index (χ1n) is 10.8. The second kappa shape index (κ2) is 11.4. The predicted molar refractivity (Wildman–Crippen MR) is 137 cm³/mol. The Balaban J connectivity index is 1.24. The van der Waals surface area contributed by atoms with Gasteiger partial charge < -0.3 is 14.8 Å². The molecule has 1 N–H and O–H groups in total. The minimum absolute atomic E-state index is 0.228. The number of hydrogen-bond acceptors (Lipinski definition) is 6. The predicted octanol–water partition coefficient (Wildman–Crippen LogP) is 6.19. The van der Waals surface area contributed by atoms with E-state index >= 15 is 0 Å². The molecular formula is C26H20Cl2N2O4S. The van der Waals surface area contributed by atoms with Gasteiger partial charge in [0.15, 0.2) is 6.61 Å². The van der Waals surface area contributed by atoms with E-state index in [2.05, 4.69) is 11.4 Å². The van der Waals surface area contributed by atoms with Gasteiger partial charge in [0.2, 0.25) is 0 Å². The van der Waals surface area contributed by atoms with Crippen LogP contribution in [0, 0.1) is 11.3 Å². The lowest BCUT2D eigenvalue weighted by Gasteiger charge is -2.09. The van der Waals surface area contributed by atoms with E-state index in [1.54, 1.807) is 48.5 Å². The van der Waals surface area contributed by atoms with Crippen LogP contribution in [-0.4, -0.2) is 18.5 Å². The van der Waals surface area contributed by atoms with Crippen LogP contribution in [-0.2, 0) is 33.8 Å². The Kier molecular flexibility index (Phi) is 8.09. The number of fused-ring (bicyclic) bond motifs is 1. The molecular weight excluding hydrogens is 507 g/mol. The number of amides is 1. The summed E-state index contributed by atoms with van der Waals surface area (Å²) < 4.78 is 10.8. The molecule has 2 aromatic carbocycles. The summed E-state index contributed by atoms with van der Waals surface area (Å²) in [5, 5.41) is 13.7. The van der Waals surface area contributed by atoms with Gasteiger partial charge in [0.1, 0.15) is 23.4 Å². The molecule has 0 bridgehead atoms. The van der Waals surface area contributed by atoms with Crippen molar-refractivity contribution in [1.82, 2.24) is 0 Å². The highest BCUT2D eigenvalue weighted by molar-refractivity contribution is 7.16. The number of ether oxygens (including phenoxy) is 2. The molecule has 0 spiro atoms. The van der Waals surface area contributed by atoms with Crippen molar-refractivity contribution in [2.24, 2.45) is 0 Å². The lowest BCUT2D eigenvalue weighted by molar-refractivity contribution is -0.142. The molecule has 1 amide bonds. The molecule has 1 heterocycles. The van der Waals surface area contributed by atoms with Gasteiger partial charge in [-0.05, 0) is 60.7 Å². The van der Waals surface area contributed by atoms with Crippen LogP contribution in [0.15, 0.2) is 48.5 Å². The summed E-state index contributed by atoms with van der Waals surface area (Å²) in [6.45, 7) is -0.208. The highest BCUT2D eigenvalue weighted by Gasteiger charge is 2.23. The molecule has 0 atom stereocenters. The zero-order valence-corrected chi connectivity index (χ0v) is 20.8. The number of thiophene rings is 1. The Hall–Kier alpha value is -3.31. The van der Waals surface area contributed by atoms with Crippen LogP contribution in [0.5, 0.6) is 5.75 Å². The Labute approximate surface area is 216 Å². The SMILES string of the molecule is N#Cc1c(NC(=O)COC(=O)/C=C/c2ccc(OCc3c(Cl)cccc3Cl)cc2)sc2c1CCC2. The summed E-state index contributed by atoms with van der Waals surface area (Å²) in [7, 11) is 0. The second-order valence-corrected chi connectivity index (χ2v) is 9.64. The zero-order chi connectivity index (χ0) is 24.8. The molecule has 0 saturated carbocycles. The number of esters is 1. The van der Waals surface area contributed by atoms with E-state index in [9.17, 15) is 14.9 Å². The van der Waals surface area contributed by atoms with Gasteiger partial charge >= 0.3 is 5.97 Å². The topological polar surface area (TPSA) is 88.4 Å². The molecule has 1 aromatic heterocycles. The normalized spacial score (nSPS) is 12.3. The average molecular weight is 527 g/mol. The van der Waals surface area contributed by atoms with Crippen molar-refractivity contribution in [3.63, 3.8) is 0 Å². The number of nitrogens with zero attached hydrogens (tertiary/aromatic N) is 1. The first kappa shape index (κ1) is 24.8. The lowest BCUT2D eigenvalue weighted by atomic mass is 10.1. The largest absolute Gasteiger partial charge is 0.489 e. The van der Waals surface area contributed by atoms with Crippen LogP contribution in [0.4, 0.5) is 5.00 Å². The molecule has 6 nitrogen and oxygen atoms in total. The molecule has 9 heteroatoms. The summed E-state index contributed by atoms with van der Waals surface area (Å²) in [4.78, 5) is 25.3. The second-order valence-electron chi connectivity index (χ2n) is 7.72. The lowest BCUT2D eigenvalue weighted by Crippen LogP contribution is -2.20. The minimum Gasteiger partial charge on any atom is -0.489 e. The Morgan fingerprint density at radius 2 is 1.86 bits per heavy atom. The van der Waals surface area contributed by atoms with Crippen LogP contribution in [0.25, 0.3) is 6.08 Å². The fourth-order valence-corrected chi connectivity index (χ4v) is 5.39. The van der Waals surface area contributed by atoms with Gasteiger partial charge in [0.05, 0.1) is 5.56 Å². The van der Waals surface area contributed by atoms with E-state index in [1.807, 2.05) is 0 Å². The first-order valence-corrected chi connectivity index (χ1v) is 12.4. The smallest absolute Gasteiger partial charge is 0.331 e. The maximum atomic E-state index is 12.2. The summed E-state index contributed by atoms with van der Waals surface area (Å²) in [6.07, 6.45) is 5.63. The molecule has 4 rings (SSSR count). The molecule has 0 fully saturated rings. The van der Waals surface area contributed by atoms with Crippen molar-refractivity contribution < 1.29 is 19.1 Å². The molecule has 35 heavy (non-hydrogen) atoms. The third kappa shape index (κ3) is 6.23. The van der Waals surface area contributed by atoms with Gasteiger partial charge in [0, 0.05) is 26.6 Å². The van der Waals surface area contributed by atoms with Crippen molar-refractivity contribution in [2.45, 2.75) is 25.9 Å². The molecule has 0 saturated heterocycles. The molecule has 178 valence electrons. The van der Waals surface area contributed by atoms with Crippen LogP contribution < -0.4 is 10.1 Å². The Morgan fingerprint density at radius 3 is 2.57 bits per heavy atom. The molecule has 3 aromatic rings. The van der Waals surface area contributed by atoms with E-state index in [-0.39, 0.29) is 6.61 Å². The fourth-order valence-electron chi connectivity index (χ4n) is 3.62. The van der Waals surface area contributed by atoms with Crippen molar-refractivity contribution in [2.75, 3.05) is 11.9 Å². The van der Waals surface area contributed by atoms with Gasteiger partial charge in [-0.2, -0.15) is 5.26 Å². The van der Waals surface area contributed by atoms with Crippen LogP contribution in [0.3, 0.4) is 0 Å². The Bertz CT molecular complexity index is 1310.